The summed E-state index contributed by atoms with van der Waals surface area (Å²) in [6, 6.07) is 0. The van der Waals surface area contributed by atoms with Crippen LogP contribution in [-0.4, -0.2) is 57.8 Å². The lowest BCUT2D eigenvalue weighted by Crippen LogP contribution is -2.40. The van der Waals surface area contributed by atoms with Crippen LogP contribution in [0.4, 0.5) is 4.39 Å². The Balaban J connectivity index is 2.58. The highest BCUT2D eigenvalue weighted by molar-refractivity contribution is 4.89. The van der Waals surface area contributed by atoms with E-state index < -0.39 is 37.4 Å². The Morgan fingerprint density at radius 1 is 1.33 bits per heavy atom. The Morgan fingerprint density at radius 2 is 1.92 bits per heavy atom. The van der Waals surface area contributed by atoms with Gasteiger partial charge in [0.15, 0.2) is 0 Å². The summed E-state index contributed by atoms with van der Waals surface area (Å²) in [5.41, 5.74) is 0. The summed E-state index contributed by atoms with van der Waals surface area (Å²) < 4.78 is 16.9. The highest BCUT2D eigenvalue weighted by Crippen LogP contribution is 2.24. The molecule has 6 heteroatoms. The Morgan fingerprint density at radius 3 is 2.25 bits per heavy atom. The van der Waals surface area contributed by atoms with E-state index in [4.69, 9.17) is 20.4 Å². The van der Waals surface area contributed by atoms with E-state index in [1.807, 2.05) is 0 Å². The summed E-state index contributed by atoms with van der Waals surface area (Å²) in [6.45, 7) is -0.652. The zero-order valence-corrected chi connectivity index (χ0v) is 6.17. The van der Waals surface area contributed by atoms with E-state index in [0.717, 1.165) is 0 Å². The summed E-state index contributed by atoms with van der Waals surface area (Å²) in [4.78, 5) is 0. The van der Waals surface area contributed by atoms with Gasteiger partial charge in [0, 0.05) is 0 Å². The second-order valence-corrected chi connectivity index (χ2v) is 2.68. The van der Waals surface area contributed by atoms with Gasteiger partial charge in [-0.1, -0.05) is 0 Å². The second kappa shape index (κ2) is 3.63. The Hall–Kier alpha value is -0.270. The first kappa shape index (κ1) is 9.82. The van der Waals surface area contributed by atoms with E-state index in [-0.39, 0.29) is 0 Å². The lowest BCUT2D eigenvalue weighted by Gasteiger charge is -2.18. The fourth-order valence-corrected chi connectivity index (χ4v) is 1.08. The molecule has 12 heavy (non-hydrogen) atoms. The molecule has 5 nitrogen and oxygen atoms in total. The highest BCUT2D eigenvalue weighted by atomic mass is 19.1. The van der Waals surface area contributed by atoms with E-state index in [9.17, 15) is 4.39 Å². The van der Waals surface area contributed by atoms with E-state index >= 15 is 0 Å². The molecule has 1 aliphatic rings. The second-order valence-electron chi connectivity index (χ2n) is 2.68. The molecule has 0 aliphatic carbocycles. The molecule has 5 atom stereocenters. The monoisotopic (exact) mass is 182 g/mol. The molecule has 0 amide bonds. The van der Waals surface area contributed by atoms with Crippen molar-refractivity contribution in [3.63, 3.8) is 0 Å². The maximum atomic E-state index is 12.5. The van der Waals surface area contributed by atoms with Crippen LogP contribution in [0.3, 0.4) is 0 Å². The lowest BCUT2D eigenvalue weighted by molar-refractivity contribution is -0.113. The fraction of sp³-hybridized carbons (Fsp3) is 1.00. The molecule has 0 aromatic carbocycles. The van der Waals surface area contributed by atoms with Crippen LogP contribution >= 0.6 is 0 Å². The number of aliphatic hydroxyl groups excluding tert-OH is 4. The van der Waals surface area contributed by atoms with Gasteiger partial charge < -0.3 is 25.2 Å². The number of alkyl halides is 1. The number of aliphatic hydroxyl groups is 4. The van der Waals surface area contributed by atoms with Crippen molar-refractivity contribution in [1.29, 1.82) is 0 Å². The van der Waals surface area contributed by atoms with Gasteiger partial charge in [-0.25, -0.2) is 4.39 Å². The van der Waals surface area contributed by atoms with Crippen LogP contribution in [0.15, 0.2) is 0 Å². The van der Waals surface area contributed by atoms with Gasteiger partial charge >= 0.3 is 0 Å². The molecule has 0 saturated carbocycles. The zero-order valence-electron chi connectivity index (χ0n) is 6.17. The van der Waals surface area contributed by atoms with E-state index in [1.165, 1.54) is 0 Å². The van der Waals surface area contributed by atoms with Crippen molar-refractivity contribution < 1.29 is 29.6 Å². The van der Waals surface area contributed by atoms with Gasteiger partial charge in [-0.05, 0) is 0 Å². The highest BCUT2D eigenvalue weighted by Gasteiger charge is 2.45. The van der Waals surface area contributed by atoms with Gasteiger partial charge in [0.1, 0.15) is 24.4 Å². The first-order valence-corrected chi connectivity index (χ1v) is 3.52. The molecular formula is C6H11FO5. The van der Waals surface area contributed by atoms with Crippen LogP contribution < -0.4 is 0 Å². The van der Waals surface area contributed by atoms with Crippen molar-refractivity contribution in [3.8, 4) is 0 Å². The van der Waals surface area contributed by atoms with Crippen LogP contribution in [-0.2, 0) is 4.74 Å². The molecule has 0 aromatic rings. The summed E-state index contributed by atoms with van der Waals surface area (Å²) in [7, 11) is 0. The van der Waals surface area contributed by atoms with E-state index in [2.05, 4.69) is 4.74 Å². The molecule has 1 unspecified atom stereocenters. The largest absolute Gasteiger partial charge is 0.394 e. The smallest absolute Gasteiger partial charge is 0.228 e. The minimum atomic E-state index is -2.01. The van der Waals surface area contributed by atoms with Gasteiger partial charge in [0.25, 0.3) is 0 Å². The molecule has 1 saturated heterocycles. The van der Waals surface area contributed by atoms with E-state index in [0.29, 0.717) is 0 Å². The van der Waals surface area contributed by atoms with Crippen LogP contribution in [0.2, 0.25) is 0 Å². The number of rotatable bonds is 2. The quantitative estimate of drug-likeness (QED) is 0.387. The average molecular weight is 182 g/mol. The minimum absolute atomic E-state index is 0.652. The van der Waals surface area contributed by atoms with E-state index in [1.54, 1.807) is 0 Å². The molecule has 1 fully saturated rings. The maximum absolute atomic E-state index is 12.5. The standard InChI is InChI=1S/C6H11FO5/c7-6-4(11)3(10)5(12-6)2(9)1-8/h2-6,8-11H,1H2/t2-,3-,4-,5+,6?/m1/s1. The third kappa shape index (κ3) is 1.57. The van der Waals surface area contributed by atoms with Gasteiger partial charge in [-0.3, -0.25) is 0 Å². The number of ether oxygens (including phenoxy) is 1. The van der Waals surface area contributed by atoms with Crippen LogP contribution in [0.1, 0.15) is 0 Å². The molecule has 0 spiro atoms. The number of hydrogen-bond donors (Lipinski definition) is 4. The van der Waals surface area contributed by atoms with Crippen LogP contribution in [0, 0.1) is 0 Å². The molecule has 1 aliphatic heterocycles. The third-order valence-corrected chi connectivity index (χ3v) is 1.81. The SMILES string of the molecule is OC[C@@H](O)[C@@H]1OC(F)[C@H](O)[C@H]1O. The lowest BCUT2D eigenvalue weighted by atomic mass is 10.1. The molecule has 0 bridgehead atoms. The van der Waals surface area contributed by atoms with Crippen molar-refractivity contribution in [2.45, 2.75) is 30.8 Å². The first-order valence-electron chi connectivity index (χ1n) is 3.52. The number of hydrogen-bond acceptors (Lipinski definition) is 5. The van der Waals surface area contributed by atoms with Crippen molar-refractivity contribution in [3.05, 3.63) is 0 Å². The molecule has 1 rings (SSSR count). The predicted octanol–water partition coefficient (Wildman–Crippen LogP) is -2.24. The molecule has 0 aromatic heterocycles. The molecule has 4 N–H and O–H groups in total. The third-order valence-electron chi connectivity index (χ3n) is 1.81. The Bertz CT molecular complexity index is 155. The van der Waals surface area contributed by atoms with Gasteiger partial charge in [0.05, 0.1) is 6.61 Å². The van der Waals surface area contributed by atoms with Crippen molar-refractivity contribution >= 4 is 0 Å². The van der Waals surface area contributed by atoms with Gasteiger partial charge in [-0.15, -0.1) is 0 Å². The first-order chi connectivity index (χ1) is 5.57. The minimum Gasteiger partial charge on any atom is -0.394 e. The van der Waals surface area contributed by atoms with Crippen LogP contribution in [0.5, 0.6) is 0 Å². The number of halogens is 1. The molecule has 0 radical (unpaired) electrons. The summed E-state index contributed by atoms with van der Waals surface area (Å²) in [6.07, 6.45) is -7.81. The molecular weight excluding hydrogens is 171 g/mol. The maximum Gasteiger partial charge on any atom is 0.228 e. The Kier molecular flexibility index (Phi) is 2.97. The summed E-state index contributed by atoms with van der Waals surface area (Å²) >= 11 is 0. The molecule has 72 valence electrons. The van der Waals surface area contributed by atoms with Crippen molar-refractivity contribution in [2.75, 3.05) is 6.61 Å². The van der Waals surface area contributed by atoms with Gasteiger partial charge in [-0.2, -0.15) is 0 Å². The topological polar surface area (TPSA) is 90.2 Å². The Labute approximate surface area is 68.0 Å². The summed E-state index contributed by atoms with van der Waals surface area (Å²) in [5.74, 6) is 0. The normalized spacial score (nSPS) is 44.8. The van der Waals surface area contributed by atoms with Gasteiger partial charge in [0.2, 0.25) is 6.36 Å². The summed E-state index contributed by atoms with van der Waals surface area (Å²) in [5, 5.41) is 35.3. The fourth-order valence-electron chi connectivity index (χ4n) is 1.08. The average Bonchev–Trinajstić information content (AvgIpc) is 2.32. The molecule has 1 heterocycles. The van der Waals surface area contributed by atoms with Crippen LogP contribution in [0.25, 0.3) is 0 Å². The van der Waals surface area contributed by atoms with Crippen molar-refractivity contribution in [2.24, 2.45) is 0 Å². The predicted molar refractivity (Wildman–Crippen MR) is 34.9 cm³/mol. The van der Waals surface area contributed by atoms with Crippen molar-refractivity contribution in [1.82, 2.24) is 0 Å². The zero-order chi connectivity index (χ0) is 9.30.